The first-order valence-electron chi connectivity index (χ1n) is 3.80. The number of rotatable bonds is 2. The molecule has 1 aromatic rings. The average molecular weight is 177 g/mol. The van der Waals surface area contributed by atoms with Gasteiger partial charge in [0.05, 0.1) is 5.69 Å². The number of nitrogens with two attached hydrogens (primary N) is 2. The second-order valence-corrected chi connectivity index (χ2v) is 2.66. The number of benzene rings is 1. The summed E-state index contributed by atoms with van der Waals surface area (Å²) in [6.45, 7) is 1.56. The van der Waals surface area contributed by atoms with Gasteiger partial charge in [0.1, 0.15) is 5.71 Å². The predicted octanol–water partition coefficient (Wildman–Crippen LogP) is 0.847. The fraction of sp³-hybridized carbons (Fsp3) is 0.111. The van der Waals surface area contributed by atoms with Gasteiger partial charge in [0.15, 0.2) is 0 Å². The highest BCUT2D eigenvalue weighted by Gasteiger charge is 1.98. The summed E-state index contributed by atoms with van der Waals surface area (Å²) >= 11 is 0. The van der Waals surface area contributed by atoms with Crippen LogP contribution in [0.5, 0.6) is 0 Å². The lowest BCUT2D eigenvalue weighted by atomic mass is 10.3. The zero-order chi connectivity index (χ0) is 9.84. The zero-order valence-electron chi connectivity index (χ0n) is 7.32. The molecule has 0 saturated carbocycles. The Morgan fingerprint density at radius 1 is 1.46 bits per heavy atom. The minimum absolute atomic E-state index is 0.269. The van der Waals surface area contributed by atoms with Gasteiger partial charge in [0.25, 0.3) is 5.91 Å². The Bertz CT molecular complexity index is 358. The van der Waals surface area contributed by atoms with Crippen molar-refractivity contribution in [3.05, 3.63) is 24.3 Å². The predicted molar refractivity (Wildman–Crippen MR) is 52.8 cm³/mol. The summed E-state index contributed by atoms with van der Waals surface area (Å²) in [5.41, 5.74) is 12.1. The van der Waals surface area contributed by atoms with Gasteiger partial charge in [-0.15, -0.1) is 0 Å². The highest BCUT2D eigenvalue weighted by molar-refractivity contribution is 6.37. The Hall–Kier alpha value is -1.84. The number of carbonyl (C=O) groups excluding carboxylic acids is 1. The lowest BCUT2D eigenvalue weighted by molar-refractivity contribution is -0.112. The van der Waals surface area contributed by atoms with Gasteiger partial charge in [-0.3, -0.25) is 4.79 Å². The molecule has 0 saturated heterocycles. The third kappa shape index (κ3) is 2.59. The van der Waals surface area contributed by atoms with Crippen LogP contribution in [0.1, 0.15) is 6.92 Å². The number of hydrogen-bond donors (Lipinski definition) is 2. The zero-order valence-corrected chi connectivity index (χ0v) is 7.32. The normalized spacial score (nSPS) is 11.3. The summed E-state index contributed by atoms with van der Waals surface area (Å²) in [6.07, 6.45) is 0. The van der Waals surface area contributed by atoms with Crippen LogP contribution in [-0.2, 0) is 4.79 Å². The SMILES string of the molecule is CC(=Nc1cccc(N)c1)C(N)=O. The Balaban J connectivity index is 2.97. The number of hydrogen-bond acceptors (Lipinski definition) is 3. The highest BCUT2D eigenvalue weighted by atomic mass is 16.1. The summed E-state index contributed by atoms with van der Waals surface area (Å²) in [4.78, 5) is 14.6. The number of amides is 1. The molecular formula is C9H11N3O. The molecule has 0 bridgehead atoms. The highest BCUT2D eigenvalue weighted by Crippen LogP contribution is 2.15. The number of nitrogens with zero attached hydrogens (tertiary/aromatic N) is 1. The first kappa shape index (κ1) is 9.25. The molecule has 4 N–H and O–H groups in total. The molecule has 1 amide bonds. The Morgan fingerprint density at radius 3 is 2.69 bits per heavy atom. The topological polar surface area (TPSA) is 81.5 Å². The summed E-state index contributed by atoms with van der Waals surface area (Å²) in [7, 11) is 0. The van der Waals surface area contributed by atoms with Crippen LogP contribution in [0.15, 0.2) is 29.3 Å². The Kier molecular flexibility index (Phi) is 2.64. The van der Waals surface area contributed by atoms with E-state index in [4.69, 9.17) is 11.5 Å². The van der Waals surface area contributed by atoms with Crippen molar-refractivity contribution in [2.45, 2.75) is 6.92 Å². The van der Waals surface area contributed by atoms with E-state index >= 15 is 0 Å². The maximum atomic E-state index is 10.6. The van der Waals surface area contributed by atoms with Crippen molar-refractivity contribution in [3.63, 3.8) is 0 Å². The minimum Gasteiger partial charge on any atom is -0.399 e. The summed E-state index contributed by atoms with van der Waals surface area (Å²) in [6, 6.07) is 6.94. The van der Waals surface area contributed by atoms with E-state index in [9.17, 15) is 4.79 Å². The largest absolute Gasteiger partial charge is 0.399 e. The quantitative estimate of drug-likeness (QED) is 0.518. The van der Waals surface area contributed by atoms with Gasteiger partial charge >= 0.3 is 0 Å². The lowest BCUT2D eigenvalue weighted by Crippen LogP contribution is -2.19. The van der Waals surface area contributed by atoms with E-state index in [1.165, 1.54) is 0 Å². The third-order valence-electron chi connectivity index (χ3n) is 1.52. The van der Waals surface area contributed by atoms with Crippen LogP contribution >= 0.6 is 0 Å². The van der Waals surface area contributed by atoms with E-state index in [0.29, 0.717) is 11.4 Å². The van der Waals surface area contributed by atoms with E-state index in [-0.39, 0.29) is 5.71 Å². The smallest absolute Gasteiger partial charge is 0.262 e. The molecule has 0 aliphatic heterocycles. The minimum atomic E-state index is -0.526. The molecule has 68 valence electrons. The molecule has 1 rings (SSSR count). The van der Waals surface area contributed by atoms with Crippen molar-refractivity contribution in [1.29, 1.82) is 0 Å². The van der Waals surface area contributed by atoms with Gasteiger partial charge in [-0.05, 0) is 25.1 Å². The molecule has 0 fully saturated rings. The van der Waals surface area contributed by atoms with Crippen LogP contribution in [0.25, 0.3) is 0 Å². The second-order valence-electron chi connectivity index (χ2n) is 2.66. The molecule has 0 heterocycles. The molecule has 1 aromatic carbocycles. The molecule has 0 aliphatic carbocycles. The van der Waals surface area contributed by atoms with E-state index < -0.39 is 5.91 Å². The van der Waals surface area contributed by atoms with Crippen LogP contribution in [0.4, 0.5) is 11.4 Å². The Labute approximate surface area is 76.3 Å². The molecule has 0 spiro atoms. The standard InChI is InChI=1S/C9H11N3O/c1-6(9(11)13)12-8-4-2-3-7(10)5-8/h2-5H,10H2,1H3,(H2,11,13). The molecule has 0 unspecified atom stereocenters. The van der Waals surface area contributed by atoms with E-state index in [1.54, 1.807) is 31.2 Å². The fourth-order valence-corrected chi connectivity index (χ4v) is 0.843. The van der Waals surface area contributed by atoms with Crippen molar-refractivity contribution in [2.75, 3.05) is 5.73 Å². The van der Waals surface area contributed by atoms with Gasteiger partial charge in [0.2, 0.25) is 0 Å². The molecule has 0 aliphatic rings. The first-order chi connectivity index (χ1) is 6.09. The van der Waals surface area contributed by atoms with Crippen LogP contribution in [0, 0.1) is 0 Å². The van der Waals surface area contributed by atoms with E-state index in [2.05, 4.69) is 4.99 Å². The average Bonchev–Trinajstić information content (AvgIpc) is 2.04. The molecule has 4 nitrogen and oxygen atoms in total. The van der Waals surface area contributed by atoms with Gasteiger partial charge in [-0.25, -0.2) is 4.99 Å². The number of nitrogen functional groups attached to an aromatic ring is 1. The van der Waals surface area contributed by atoms with Gasteiger partial charge in [0, 0.05) is 5.69 Å². The molecule has 4 heteroatoms. The third-order valence-corrected chi connectivity index (χ3v) is 1.52. The van der Waals surface area contributed by atoms with Gasteiger partial charge in [-0.2, -0.15) is 0 Å². The summed E-state index contributed by atoms with van der Waals surface area (Å²) < 4.78 is 0. The van der Waals surface area contributed by atoms with Crippen molar-refractivity contribution < 1.29 is 4.79 Å². The lowest BCUT2D eigenvalue weighted by Gasteiger charge is -1.97. The van der Waals surface area contributed by atoms with Crippen molar-refractivity contribution >= 4 is 23.0 Å². The Morgan fingerprint density at radius 2 is 2.15 bits per heavy atom. The molecular weight excluding hydrogens is 166 g/mol. The van der Waals surface area contributed by atoms with E-state index in [0.717, 1.165) is 0 Å². The van der Waals surface area contributed by atoms with Gasteiger partial charge < -0.3 is 11.5 Å². The fourth-order valence-electron chi connectivity index (χ4n) is 0.843. The number of primary amides is 1. The monoisotopic (exact) mass is 177 g/mol. The maximum absolute atomic E-state index is 10.6. The summed E-state index contributed by atoms with van der Waals surface area (Å²) in [5.74, 6) is -0.526. The first-order valence-corrected chi connectivity index (χ1v) is 3.80. The molecule has 0 aromatic heterocycles. The van der Waals surface area contributed by atoms with Crippen LogP contribution < -0.4 is 11.5 Å². The number of aliphatic imine (C=N–C) groups is 1. The maximum Gasteiger partial charge on any atom is 0.262 e. The van der Waals surface area contributed by atoms with Crippen LogP contribution in [-0.4, -0.2) is 11.6 Å². The van der Waals surface area contributed by atoms with Crippen LogP contribution in [0.2, 0.25) is 0 Å². The van der Waals surface area contributed by atoms with Crippen molar-refractivity contribution in [3.8, 4) is 0 Å². The number of carbonyl (C=O) groups is 1. The summed E-state index contributed by atoms with van der Waals surface area (Å²) in [5, 5.41) is 0. The van der Waals surface area contributed by atoms with Crippen molar-refractivity contribution in [2.24, 2.45) is 10.7 Å². The molecule has 0 atom stereocenters. The van der Waals surface area contributed by atoms with Crippen LogP contribution in [0.3, 0.4) is 0 Å². The number of anilines is 1. The van der Waals surface area contributed by atoms with Gasteiger partial charge in [-0.1, -0.05) is 6.07 Å². The van der Waals surface area contributed by atoms with E-state index in [1.807, 2.05) is 0 Å². The molecule has 13 heavy (non-hydrogen) atoms. The second kappa shape index (κ2) is 3.71. The molecule has 0 radical (unpaired) electrons. The van der Waals surface area contributed by atoms with Crippen molar-refractivity contribution in [1.82, 2.24) is 0 Å².